The quantitative estimate of drug-likeness (QED) is 0.650. The number of hydrogen-bond acceptors (Lipinski definition) is 0. The highest BCUT2D eigenvalue weighted by Crippen LogP contribution is 2.47. The molecule has 1 aromatic rings. The molecule has 1 heterocycles. The molecular weight excluding hydrogens is 187 g/mol. The summed E-state index contributed by atoms with van der Waals surface area (Å²) in [5, 5.41) is 1.62. The van der Waals surface area contributed by atoms with Crippen LogP contribution in [0.4, 0.5) is 0 Å². The average Bonchev–Trinajstić information content (AvgIpc) is 2.68. The van der Waals surface area contributed by atoms with E-state index in [2.05, 4.69) is 44.2 Å². The minimum absolute atomic E-state index is 0.188. The van der Waals surface area contributed by atoms with Crippen LogP contribution in [0.1, 0.15) is 20.3 Å². The molecule has 2 unspecified atom stereocenters. The van der Waals surface area contributed by atoms with Gasteiger partial charge in [0, 0.05) is 0 Å². The van der Waals surface area contributed by atoms with E-state index in [0.717, 1.165) is 11.8 Å². The third-order valence-electron chi connectivity index (χ3n) is 3.29. The number of hydrogen-bond donors (Lipinski definition) is 0. The minimum Gasteiger partial charge on any atom is -0.0750 e. The summed E-state index contributed by atoms with van der Waals surface area (Å²) in [5.74, 6) is 1.87. The Kier molecular flexibility index (Phi) is 3.23. The first kappa shape index (κ1) is 10.2. The third-order valence-corrected chi connectivity index (χ3v) is 6.03. The lowest BCUT2D eigenvalue weighted by Gasteiger charge is -2.14. The van der Waals surface area contributed by atoms with Crippen LogP contribution in [0.5, 0.6) is 0 Å². The van der Waals surface area contributed by atoms with Crippen LogP contribution < -0.4 is 5.30 Å². The van der Waals surface area contributed by atoms with Crippen molar-refractivity contribution in [3.63, 3.8) is 0 Å². The van der Waals surface area contributed by atoms with Crippen molar-refractivity contribution in [1.29, 1.82) is 0 Å². The number of rotatable bonds is 2. The molecule has 2 rings (SSSR count). The molecule has 0 spiro atoms. The monoisotopic (exact) mass is 206 g/mol. The Morgan fingerprint density at radius 1 is 1.21 bits per heavy atom. The molecule has 1 aliphatic rings. The zero-order valence-corrected chi connectivity index (χ0v) is 10.0. The Labute approximate surface area is 88.5 Å². The highest BCUT2D eigenvalue weighted by Gasteiger charge is 2.26. The molecule has 0 N–H and O–H groups in total. The van der Waals surface area contributed by atoms with Gasteiger partial charge in [-0.15, -0.1) is 0 Å². The van der Waals surface area contributed by atoms with Crippen molar-refractivity contribution in [3.8, 4) is 0 Å². The summed E-state index contributed by atoms with van der Waals surface area (Å²) in [6.45, 7) is 4.74. The van der Waals surface area contributed by atoms with Gasteiger partial charge in [0.1, 0.15) is 0 Å². The maximum atomic E-state index is 2.37. The van der Waals surface area contributed by atoms with Crippen molar-refractivity contribution in [3.05, 3.63) is 30.3 Å². The van der Waals surface area contributed by atoms with Gasteiger partial charge in [0.05, 0.1) is 0 Å². The SMILES string of the molecule is CC(C)C1CCP(c2ccccc2)C1. The predicted molar refractivity (Wildman–Crippen MR) is 65.7 cm³/mol. The zero-order valence-electron chi connectivity index (χ0n) is 9.11. The summed E-state index contributed by atoms with van der Waals surface area (Å²) in [4.78, 5) is 0. The molecule has 0 amide bonds. The lowest BCUT2D eigenvalue weighted by Crippen LogP contribution is -2.08. The van der Waals surface area contributed by atoms with E-state index in [0.29, 0.717) is 0 Å². The summed E-state index contributed by atoms with van der Waals surface area (Å²) in [6, 6.07) is 11.1. The van der Waals surface area contributed by atoms with E-state index in [4.69, 9.17) is 0 Å². The van der Waals surface area contributed by atoms with E-state index in [1.165, 1.54) is 18.7 Å². The maximum absolute atomic E-state index is 2.37. The fourth-order valence-corrected chi connectivity index (χ4v) is 5.26. The molecule has 76 valence electrons. The summed E-state index contributed by atoms with van der Waals surface area (Å²) < 4.78 is 0. The third kappa shape index (κ3) is 2.17. The first-order valence-electron chi connectivity index (χ1n) is 5.57. The second-order valence-electron chi connectivity index (χ2n) is 4.57. The van der Waals surface area contributed by atoms with Crippen LogP contribution in [-0.2, 0) is 0 Å². The van der Waals surface area contributed by atoms with Crippen molar-refractivity contribution >= 4 is 13.2 Å². The van der Waals surface area contributed by atoms with Crippen LogP contribution in [0, 0.1) is 11.8 Å². The van der Waals surface area contributed by atoms with Gasteiger partial charge < -0.3 is 0 Å². The maximum Gasteiger partial charge on any atom is -0.0240 e. The summed E-state index contributed by atoms with van der Waals surface area (Å²) >= 11 is 0. The van der Waals surface area contributed by atoms with Crippen LogP contribution >= 0.6 is 7.92 Å². The summed E-state index contributed by atoms with van der Waals surface area (Å²) in [7, 11) is 0.188. The van der Waals surface area contributed by atoms with Gasteiger partial charge in [0.25, 0.3) is 0 Å². The summed E-state index contributed by atoms with van der Waals surface area (Å²) in [5.41, 5.74) is 0. The molecule has 1 aromatic carbocycles. The van der Waals surface area contributed by atoms with E-state index in [1.54, 1.807) is 5.30 Å². The molecule has 1 fully saturated rings. The van der Waals surface area contributed by atoms with Crippen molar-refractivity contribution in [1.82, 2.24) is 0 Å². The van der Waals surface area contributed by atoms with Gasteiger partial charge in [-0.3, -0.25) is 0 Å². The van der Waals surface area contributed by atoms with Crippen molar-refractivity contribution in [2.24, 2.45) is 11.8 Å². The molecule has 0 radical (unpaired) electrons. The summed E-state index contributed by atoms with van der Waals surface area (Å²) in [6.07, 6.45) is 4.39. The van der Waals surface area contributed by atoms with Gasteiger partial charge in [-0.2, -0.15) is 0 Å². The Bertz CT molecular complexity index is 279. The first-order valence-corrected chi connectivity index (χ1v) is 7.28. The fourth-order valence-electron chi connectivity index (χ4n) is 2.20. The second kappa shape index (κ2) is 4.45. The molecule has 0 bridgehead atoms. The molecule has 0 saturated carbocycles. The molecule has 0 nitrogen and oxygen atoms in total. The van der Waals surface area contributed by atoms with Crippen LogP contribution in [0.15, 0.2) is 30.3 Å². The molecule has 2 atom stereocenters. The van der Waals surface area contributed by atoms with Gasteiger partial charge in [-0.05, 0) is 35.9 Å². The zero-order chi connectivity index (χ0) is 9.97. The molecule has 1 aliphatic heterocycles. The van der Waals surface area contributed by atoms with E-state index in [1.807, 2.05) is 0 Å². The van der Waals surface area contributed by atoms with Crippen LogP contribution in [0.3, 0.4) is 0 Å². The average molecular weight is 206 g/mol. The molecule has 1 heteroatoms. The molecule has 0 aliphatic carbocycles. The fraction of sp³-hybridized carbons (Fsp3) is 0.538. The van der Waals surface area contributed by atoms with E-state index >= 15 is 0 Å². The lowest BCUT2D eigenvalue weighted by molar-refractivity contribution is 0.429. The molecule has 14 heavy (non-hydrogen) atoms. The van der Waals surface area contributed by atoms with Crippen LogP contribution in [-0.4, -0.2) is 12.3 Å². The van der Waals surface area contributed by atoms with E-state index < -0.39 is 0 Å². The Balaban J connectivity index is 2.03. The van der Waals surface area contributed by atoms with Crippen LogP contribution in [0.2, 0.25) is 0 Å². The molecular formula is C13H19P. The lowest BCUT2D eigenvalue weighted by atomic mass is 9.96. The Morgan fingerprint density at radius 3 is 2.50 bits per heavy atom. The van der Waals surface area contributed by atoms with E-state index in [9.17, 15) is 0 Å². The number of benzene rings is 1. The topological polar surface area (TPSA) is 0 Å². The first-order chi connectivity index (χ1) is 6.77. The Morgan fingerprint density at radius 2 is 1.93 bits per heavy atom. The standard InChI is InChI=1S/C13H19P/c1-11(2)12-8-9-14(10-12)13-6-4-3-5-7-13/h3-7,11-12H,8-10H2,1-2H3. The van der Waals surface area contributed by atoms with Gasteiger partial charge >= 0.3 is 0 Å². The molecule has 1 saturated heterocycles. The predicted octanol–water partition coefficient (Wildman–Crippen LogP) is 3.47. The van der Waals surface area contributed by atoms with Crippen molar-refractivity contribution in [2.75, 3.05) is 12.3 Å². The normalized spacial score (nSPS) is 27.1. The van der Waals surface area contributed by atoms with Gasteiger partial charge in [0.15, 0.2) is 0 Å². The van der Waals surface area contributed by atoms with Crippen molar-refractivity contribution < 1.29 is 0 Å². The van der Waals surface area contributed by atoms with Crippen LogP contribution in [0.25, 0.3) is 0 Å². The Hall–Kier alpha value is -0.350. The van der Waals surface area contributed by atoms with Gasteiger partial charge in [-0.25, -0.2) is 0 Å². The second-order valence-corrected chi connectivity index (χ2v) is 6.98. The van der Waals surface area contributed by atoms with Crippen molar-refractivity contribution in [2.45, 2.75) is 20.3 Å². The highest BCUT2D eigenvalue weighted by atomic mass is 31.1. The highest BCUT2D eigenvalue weighted by molar-refractivity contribution is 7.65. The smallest absolute Gasteiger partial charge is 0.0240 e. The van der Waals surface area contributed by atoms with Gasteiger partial charge in [-0.1, -0.05) is 52.1 Å². The van der Waals surface area contributed by atoms with E-state index in [-0.39, 0.29) is 7.92 Å². The molecule has 0 aromatic heterocycles. The largest absolute Gasteiger partial charge is 0.0750 e. The van der Waals surface area contributed by atoms with Gasteiger partial charge in [0.2, 0.25) is 0 Å². The minimum atomic E-state index is 0.188.